The Kier molecular flexibility index (Phi) is 7.22. The lowest BCUT2D eigenvalue weighted by Gasteiger charge is -2.17. The average Bonchev–Trinajstić information content (AvgIpc) is 2.72. The molecule has 0 bridgehead atoms. The topological polar surface area (TPSA) is 35.5 Å². The Labute approximate surface area is 168 Å². The van der Waals surface area contributed by atoms with Gasteiger partial charge in [0.2, 0.25) is 0 Å². The predicted molar refractivity (Wildman–Crippen MR) is 117 cm³/mol. The Morgan fingerprint density at radius 3 is 2.07 bits per heavy atom. The van der Waals surface area contributed by atoms with E-state index in [2.05, 4.69) is 6.92 Å². The number of benzene rings is 3. The molecule has 0 aliphatic carbocycles. The summed E-state index contributed by atoms with van der Waals surface area (Å²) in [5, 5.41) is 0. The molecule has 0 amide bonds. The van der Waals surface area contributed by atoms with E-state index in [4.69, 9.17) is 9.47 Å². The maximum atomic E-state index is 13.1. The molecule has 3 aromatic carbocycles. The summed E-state index contributed by atoms with van der Waals surface area (Å²) in [6.07, 6.45) is 3.01. The highest BCUT2D eigenvalue weighted by atomic mass is 31.1. The smallest absolute Gasteiger partial charge is 0.188 e. The molecule has 3 aromatic rings. The summed E-state index contributed by atoms with van der Waals surface area (Å²) >= 11 is 0. The summed E-state index contributed by atoms with van der Waals surface area (Å²) in [5.74, 6) is 2.52. The zero-order chi connectivity index (χ0) is 19.8. The van der Waals surface area contributed by atoms with Crippen LogP contribution in [0.15, 0.2) is 72.8 Å². The van der Waals surface area contributed by atoms with Gasteiger partial charge in [0.25, 0.3) is 0 Å². The second-order valence-corrected chi connectivity index (χ2v) is 7.83. The maximum absolute atomic E-state index is 13.1. The van der Waals surface area contributed by atoms with Crippen molar-refractivity contribution >= 4 is 14.1 Å². The third-order valence-electron chi connectivity index (χ3n) is 4.29. The Morgan fingerprint density at radius 1 is 0.857 bits per heavy atom. The van der Waals surface area contributed by atoms with E-state index in [1.165, 1.54) is 0 Å². The molecule has 4 heteroatoms. The summed E-state index contributed by atoms with van der Waals surface area (Å²) < 4.78 is 12.2. The van der Waals surface area contributed by atoms with Gasteiger partial charge in [0, 0.05) is 0 Å². The lowest BCUT2D eigenvalue weighted by atomic mass is 10.1. The molecular weight excluding hydrogens is 367 g/mol. The van der Waals surface area contributed by atoms with Crippen LogP contribution in [0.4, 0.5) is 0 Å². The number of carbonyl (C=O) groups is 1. The molecule has 0 saturated carbocycles. The van der Waals surface area contributed by atoms with Gasteiger partial charge in [-0.25, -0.2) is 0 Å². The minimum Gasteiger partial charge on any atom is -0.456 e. The molecule has 0 aliphatic heterocycles. The highest BCUT2D eigenvalue weighted by Crippen LogP contribution is 2.40. The molecule has 0 N–H and O–H groups in total. The van der Waals surface area contributed by atoms with E-state index in [1.54, 1.807) is 0 Å². The van der Waals surface area contributed by atoms with Crippen LogP contribution in [0.3, 0.4) is 0 Å². The van der Waals surface area contributed by atoms with Crippen LogP contribution < -0.4 is 9.47 Å². The molecule has 0 aliphatic rings. The van der Waals surface area contributed by atoms with Gasteiger partial charge in [-0.3, -0.25) is 4.79 Å². The number of ether oxygens (including phenoxy) is 2. The summed E-state index contributed by atoms with van der Waals surface area (Å²) in [6.45, 7) is 4.09. The van der Waals surface area contributed by atoms with Crippen molar-refractivity contribution in [3.63, 3.8) is 0 Å². The van der Waals surface area contributed by atoms with Crippen molar-refractivity contribution in [3.8, 4) is 23.0 Å². The Morgan fingerprint density at radius 2 is 1.46 bits per heavy atom. The van der Waals surface area contributed by atoms with Crippen LogP contribution in [0.5, 0.6) is 23.0 Å². The lowest BCUT2D eigenvalue weighted by molar-refractivity contribution is 0.108. The van der Waals surface area contributed by atoms with Gasteiger partial charge in [-0.05, 0) is 64.0 Å². The minimum absolute atomic E-state index is 0.0778. The average molecular weight is 392 g/mol. The lowest BCUT2D eigenvalue weighted by Crippen LogP contribution is -2.03. The molecule has 144 valence electrons. The molecule has 3 nitrogen and oxygen atoms in total. The van der Waals surface area contributed by atoms with E-state index in [0.29, 0.717) is 28.6 Å². The summed E-state index contributed by atoms with van der Waals surface area (Å²) in [7, 11) is 0.202. The van der Waals surface area contributed by atoms with E-state index >= 15 is 0 Å². The van der Waals surface area contributed by atoms with E-state index in [-0.39, 0.29) is 14.1 Å². The van der Waals surface area contributed by atoms with E-state index in [0.717, 1.165) is 24.6 Å². The number of hydrogen-bond donors (Lipinski definition) is 0. The Bertz CT molecular complexity index is 908. The Balaban J connectivity index is 2.00. The van der Waals surface area contributed by atoms with Gasteiger partial charge < -0.3 is 9.47 Å². The largest absolute Gasteiger partial charge is 0.456 e. The summed E-state index contributed by atoms with van der Waals surface area (Å²) in [6, 6.07) is 22.9. The third-order valence-corrected chi connectivity index (χ3v) is 5.47. The number of hydrogen-bond acceptors (Lipinski definition) is 3. The van der Waals surface area contributed by atoms with Crippen molar-refractivity contribution in [3.05, 3.63) is 83.9 Å². The number of unbranched alkanes of at least 4 members (excludes halogenated alkanes) is 1. The minimum atomic E-state index is 0.0778. The first-order valence-electron chi connectivity index (χ1n) is 9.56. The molecule has 0 radical (unpaired) electrons. The molecular formula is C24H25O3P. The van der Waals surface area contributed by atoms with Crippen LogP contribution in [-0.4, -0.2) is 11.7 Å². The van der Waals surface area contributed by atoms with E-state index in [9.17, 15) is 4.79 Å². The maximum Gasteiger partial charge on any atom is 0.188 e. The molecule has 0 heterocycles. The van der Waals surface area contributed by atoms with Crippen LogP contribution in [0.2, 0.25) is 0 Å². The van der Waals surface area contributed by atoms with Gasteiger partial charge in [0.15, 0.2) is 5.52 Å². The van der Waals surface area contributed by atoms with E-state index in [1.807, 2.05) is 79.7 Å². The SMILES string of the molecule is CCCCPC(=O)c1c(Oc2ccccc2)ccc(C)c1Oc1ccccc1. The normalized spacial score (nSPS) is 10.9. The zero-order valence-corrected chi connectivity index (χ0v) is 17.3. The first-order valence-corrected chi connectivity index (χ1v) is 10.8. The second kappa shape index (κ2) is 10.1. The van der Waals surface area contributed by atoms with Gasteiger partial charge >= 0.3 is 0 Å². The number of carbonyl (C=O) groups excluding carboxylic acids is 1. The molecule has 0 aromatic heterocycles. The van der Waals surface area contributed by atoms with Gasteiger partial charge in [0.05, 0.1) is 0 Å². The van der Waals surface area contributed by atoms with Crippen LogP contribution in [0.1, 0.15) is 35.7 Å². The first kappa shape index (κ1) is 20.1. The first-order chi connectivity index (χ1) is 13.7. The quantitative estimate of drug-likeness (QED) is 0.285. The molecule has 3 rings (SSSR count). The molecule has 1 atom stereocenters. The van der Waals surface area contributed by atoms with Crippen molar-refractivity contribution in [2.45, 2.75) is 26.7 Å². The summed E-state index contributed by atoms with van der Waals surface area (Å²) in [4.78, 5) is 13.1. The molecule has 0 saturated heterocycles. The van der Waals surface area contributed by atoms with Gasteiger partial charge in [-0.15, -0.1) is 0 Å². The van der Waals surface area contributed by atoms with Crippen LogP contribution in [0, 0.1) is 6.92 Å². The van der Waals surface area contributed by atoms with Gasteiger partial charge in [-0.2, -0.15) is 0 Å². The Hall–Kier alpha value is -2.64. The highest BCUT2D eigenvalue weighted by molar-refractivity contribution is 7.58. The number of aryl methyl sites for hydroxylation is 1. The van der Waals surface area contributed by atoms with E-state index < -0.39 is 0 Å². The van der Waals surface area contributed by atoms with Crippen LogP contribution >= 0.6 is 8.58 Å². The number of rotatable bonds is 9. The van der Waals surface area contributed by atoms with Crippen molar-refractivity contribution in [1.29, 1.82) is 0 Å². The fourth-order valence-electron chi connectivity index (χ4n) is 2.79. The van der Waals surface area contributed by atoms with Crippen molar-refractivity contribution < 1.29 is 14.3 Å². The molecule has 28 heavy (non-hydrogen) atoms. The van der Waals surface area contributed by atoms with Crippen molar-refractivity contribution in [2.75, 3.05) is 6.16 Å². The zero-order valence-electron chi connectivity index (χ0n) is 16.3. The highest BCUT2D eigenvalue weighted by Gasteiger charge is 2.22. The monoisotopic (exact) mass is 392 g/mol. The molecule has 0 spiro atoms. The molecule has 0 fully saturated rings. The summed E-state index contributed by atoms with van der Waals surface area (Å²) in [5.41, 5.74) is 1.52. The second-order valence-electron chi connectivity index (χ2n) is 6.52. The predicted octanol–water partition coefficient (Wildman–Crippen LogP) is 7.20. The van der Waals surface area contributed by atoms with Gasteiger partial charge in [0.1, 0.15) is 28.6 Å². The third kappa shape index (κ3) is 5.21. The van der Waals surface area contributed by atoms with Crippen molar-refractivity contribution in [1.82, 2.24) is 0 Å². The number of para-hydroxylation sites is 2. The fraction of sp³-hybridized carbons (Fsp3) is 0.208. The van der Waals surface area contributed by atoms with Crippen LogP contribution in [-0.2, 0) is 0 Å². The standard InChI is InChI=1S/C24H25O3P/c1-3-4-17-28-24(25)22-21(26-19-11-7-5-8-12-19)16-15-18(2)23(22)27-20-13-9-6-10-14-20/h5-16,28H,3-4,17H2,1-2H3. The van der Waals surface area contributed by atoms with Crippen LogP contribution in [0.25, 0.3) is 0 Å². The molecule has 1 unspecified atom stereocenters. The van der Waals surface area contributed by atoms with Crippen molar-refractivity contribution in [2.24, 2.45) is 0 Å². The fourth-order valence-corrected chi connectivity index (χ4v) is 3.96. The van der Waals surface area contributed by atoms with Gasteiger partial charge in [-0.1, -0.05) is 55.8 Å².